The molecular weight excluding hydrogens is 309 g/mol. The topological polar surface area (TPSA) is 49.3 Å². The number of carbonyl (C=O) groups is 1. The van der Waals surface area contributed by atoms with Crippen molar-refractivity contribution in [2.45, 2.75) is 31.7 Å². The van der Waals surface area contributed by atoms with Crippen LogP contribution in [0.3, 0.4) is 0 Å². The summed E-state index contributed by atoms with van der Waals surface area (Å²) in [5.41, 5.74) is 0.710. The molecule has 5 heteroatoms. The van der Waals surface area contributed by atoms with Crippen LogP contribution in [0.5, 0.6) is 0 Å². The lowest BCUT2D eigenvalue weighted by Gasteiger charge is -2.30. The molecule has 0 radical (unpaired) electrons. The number of hydrogen-bond donors (Lipinski definition) is 2. The van der Waals surface area contributed by atoms with Crippen LogP contribution >= 0.6 is 23.2 Å². The third-order valence-corrected chi connectivity index (χ3v) is 4.70. The van der Waals surface area contributed by atoms with Crippen LogP contribution in [-0.4, -0.2) is 23.7 Å². The largest absolute Gasteiger partial charge is 0.396 e. The summed E-state index contributed by atoms with van der Waals surface area (Å²) in [5.74, 6) is -0.0118. The van der Waals surface area contributed by atoms with E-state index in [2.05, 4.69) is 5.32 Å². The van der Waals surface area contributed by atoms with E-state index in [9.17, 15) is 9.90 Å². The molecule has 3 nitrogen and oxygen atoms in total. The van der Waals surface area contributed by atoms with Crippen LogP contribution in [0.4, 0.5) is 0 Å². The van der Waals surface area contributed by atoms with Gasteiger partial charge in [-0.05, 0) is 30.5 Å². The van der Waals surface area contributed by atoms with Crippen LogP contribution in [-0.2, 0) is 4.79 Å². The van der Waals surface area contributed by atoms with Gasteiger partial charge in [-0.1, -0.05) is 48.2 Å². The highest BCUT2D eigenvalue weighted by molar-refractivity contribution is 6.42. The fraction of sp³-hybridized carbons (Fsp3) is 0.438. The van der Waals surface area contributed by atoms with E-state index in [1.54, 1.807) is 24.3 Å². The van der Waals surface area contributed by atoms with Crippen molar-refractivity contribution in [3.63, 3.8) is 0 Å². The van der Waals surface area contributed by atoms with Crippen LogP contribution in [0, 0.1) is 5.92 Å². The summed E-state index contributed by atoms with van der Waals surface area (Å²) >= 11 is 12.0. The molecule has 0 aliphatic heterocycles. The maximum atomic E-state index is 12.0. The zero-order chi connectivity index (χ0) is 15.2. The van der Waals surface area contributed by atoms with Gasteiger partial charge in [0.25, 0.3) is 0 Å². The predicted molar refractivity (Wildman–Crippen MR) is 86.5 cm³/mol. The molecule has 2 N–H and O–H groups in total. The molecule has 2 atom stereocenters. The van der Waals surface area contributed by atoms with Gasteiger partial charge >= 0.3 is 0 Å². The minimum Gasteiger partial charge on any atom is -0.396 e. The first-order valence-electron chi connectivity index (χ1n) is 7.15. The summed E-state index contributed by atoms with van der Waals surface area (Å²) in [6.07, 6.45) is 7.20. The van der Waals surface area contributed by atoms with Gasteiger partial charge in [-0.2, -0.15) is 0 Å². The van der Waals surface area contributed by atoms with Gasteiger partial charge in [0.05, 0.1) is 10.0 Å². The van der Waals surface area contributed by atoms with E-state index >= 15 is 0 Å². The molecule has 1 aliphatic rings. The summed E-state index contributed by atoms with van der Waals surface area (Å²) in [4.78, 5) is 12.0. The van der Waals surface area contributed by atoms with Gasteiger partial charge in [-0.3, -0.25) is 4.79 Å². The highest BCUT2D eigenvalue weighted by Gasteiger charge is 2.25. The van der Waals surface area contributed by atoms with Gasteiger partial charge < -0.3 is 10.4 Å². The van der Waals surface area contributed by atoms with Gasteiger partial charge in [0.2, 0.25) is 5.91 Å². The van der Waals surface area contributed by atoms with Gasteiger partial charge in [-0.15, -0.1) is 0 Å². The predicted octanol–water partition coefficient (Wildman–Crippen LogP) is 3.67. The number of hydrogen-bond acceptors (Lipinski definition) is 2. The number of benzene rings is 1. The molecule has 2 rings (SSSR count). The van der Waals surface area contributed by atoms with Crippen LogP contribution in [0.2, 0.25) is 10.0 Å². The summed E-state index contributed by atoms with van der Waals surface area (Å²) < 4.78 is 0. The molecule has 1 aliphatic carbocycles. The van der Waals surface area contributed by atoms with E-state index in [0.717, 1.165) is 25.7 Å². The molecule has 114 valence electrons. The average Bonchev–Trinajstić information content (AvgIpc) is 2.49. The van der Waals surface area contributed by atoms with E-state index in [1.807, 2.05) is 0 Å². The molecule has 0 aromatic heterocycles. The maximum Gasteiger partial charge on any atom is 0.244 e. The zero-order valence-corrected chi connectivity index (χ0v) is 13.2. The Morgan fingerprint density at radius 3 is 2.86 bits per heavy atom. The van der Waals surface area contributed by atoms with Crippen molar-refractivity contribution in [1.29, 1.82) is 0 Å². The van der Waals surface area contributed by atoms with Gasteiger partial charge in [-0.25, -0.2) is 0 Å². The highest BCUT2D eigenvalue weighted by Crippen LogP contribution is 2.26. The summed E-state index contributed by atoms with van der Waals surface area (Å²) in [6.45, 7) is 0.120. The van der Waals surface area contributed by atoms with Gasteiger partial charge in [0.15, 0.2) is 0 Å². The van der Waals surface area contributed by atoms with E-state index in [4.69, 9.17) is 23.2 Å². The third-order valence-electron chi connectivity index (χ3n) is 3.87. The lowest BCUT2D eigenvalue weighted by molar-refractivity contribution is -0.117. The SMILES string of the molecule is O=C(/C=C/c1cccc(Cl)c1Cl)NC1CCCCC1CO. The number of carbonyl (C=O) groups excluding carboxylic acids is 1. The average molecular weight is 328 g/mol. The lowest BCUT2D eigenvalue weighted by Crippen LogP contribution is -2.42. The summed E-state index contributed by atoms with van der Waals surface area (Å²) in [5, 5.41) is 13.2. The number of aliphatic hydroxyl groups excluding tert-OH is 1. The minimum absolute atomic E-state index is 0.0516. The Balaban J connectivity index is 1.97. The van der Waals surface area contributed by atoms with Crippen LogP contribution in [0.15, 0.2) is 24.3 Å². The quantitative estimate of drug-likeness (QED) is 0.829. The second kappa shape index (κ2) is 7.83. The first-order valence-corrected chi connectivity index (χ1v) is 7.91. The molecule has 0 spiro atoms. The number of rotatable bonds is 4. The van der Waals surface area contributed by atoms with Crippen molar-refractivity contribution in [1.82, 2.24) is 5.32 Å². The fourth-order valence-electron chi connectivity index (χ4n) is 2.66. The second-order valence-electron chi connectivity index (χ2n) is 5.32. The maximum absolute atomic E-state index is 12.0. The first-order chi connectivity index (χ1) is 10.1. The fourth-order valence-corrected chi connectivity index (χ4v) is 3.03. The molecule has 0 bridgehead atoms. The molecule has 1 aromatic rings. The van der Waals surface area contributed by atoms with Crippen LogP contribution < -0.4 is 5.32 Å². The van der Waals surface area contributed by atoms with E-state index in [1.165, 1.54) is 6.08 Å². The summed E-state index contributed by atoms with van der Waals surface area (Å²) in [7, 11) is 0. The van der Waals surface area contributed by atoms with Gasteiger partial charge in [0.1, 0.15) is 0 Å². The Bertz CT molecular complexity index is 531. The van der Waals surface area contributed by atoms with Crippen LogP contribution in [0.25, 0.3) is 6.08 Å². The van der Waals surface area contributed by atoms with Crippen molar-refractivity contribution in [3.8, 4) is 0 Å². The van der Waals surface area contributed by atoms with Crippen molar-refractivity contribution in [2.24, 2.45) is 5.92 Å². The van der Waals surface area contributed by atoms with Gasteiger partial charge in [0, 0.05) is 24.6 Å². The molecule has 1 amide bonds. The lowest BCUT2D eigenvalue weighted by atomic mass is 9.85. The normalized spacial score (nSPS) is 22.4. The highest BCUT2D eigenvalue weighted by atomic mass is 35.5. The zero-order valence-electron chi connectivity index (χ0n) is 11.7. The number of amides is 1. The summed E-state index contributed by atoms with van der Waals surface area (Å²) in [6, 6.07) is 5.34. The van der Waals surface area contributed by atoms with Crippen molar-refractivity contribution in [3.05, 3.63) is 39.9 Å². The number of aliphatic hydroxyl groups is 1. The van der Waals surface area contributed by atoms with E-state index in [-0.39, 0.29) is 24.5 Å². The smallest absolute Gasteiger partial charge is 0.244 e. The van der Waals surface area contributed by atoms with E-state index in [0.29, 0.717) is 15.6 Å². The Morgan fingerprint density at radius 2 is 2.10 bits per heavy atom. The molecule has 21 heavy (non-hydrogen) atoms. The Kier molecular flexibility index (Phi) is 6.09. The second-order valence-corrected chi connectivity index (χ2v) is 6.10. The minimum atomic E-state index is -0.170. The van der Waals surface area contributed by atoms with E-state index < -0.39 is 0 Å². The Morgan fingerprint density at radius 1 is 1.33 bits per heavy atom. The van der Waals surface area contributed by atoms with Crippen LogP contribution in [0.1, 0.15) is 31.2 Å². The monoisotopic (exact) mass is 327 g/mol. The van der Waals surface area contributed by atoms with Crippen molar-refractivity contribution >= 4 is 35.2 Å². The molecular formula is C16H19Cl2NO2. The van der Waals surface area contributed by atoms with Crippen molar-refractivity contribution < 1.29 is 9.90 Å². The molecule has 1 saturated carbocycles. The molecule has 1 aromatic carbocycles. The molecule has 2 unspecified atom stereocenters. The molecule has 1 fully saturated rings. The molecule has 0 saturated heterocycles. The third kappa shape index (κ3) is 4.47. The van der Waals surface area contributed by atoms with Crippen molar-refractivity contribution in [2.75, 3.05) is 6.61 Å². The Labute approximate surface area is 134 Å². The Hall–Kier alpha value is -1.03. The standard InChI is InChI=1S/C16H19Cl2NO2/c17-13-6-3-5-11(16(13)18)8-9-15(21)19-14-7-2-1-4-12(14)10-20/h3,5-6,8-9,12,14,20H,1-2,4,7,10H2,(H,19,21)/b9-8+. The number of nitrogens with one attached hydrogen (secondary N) is 1. The first kappa shape index (κ1) is 16.3. The number of halogens is 2. The molecule has 0 heterocycles.